The highest BCUT2D eigenvalue weighted by Crippen LogP contribution is 2.38. The highest BCUT2D eigenvalue weighted by molar-refractivity contribution is 6.06. The van der Waals surface area contributed by atoms with Gasteiger partial charge in [-0.05, 0) is 37.3 Å². The van der Waals surface area contributed by atoms with Crippen molar-refractivity contribution in [2.45, 2.75) is 6.92 Å². The molecule has 1 aliphatic heterocycles. The number of ether oxygens (including phenoxy) is 2. The molecule has 26 heavy (non-hydrogen) atoms. The molecule has 1 aliphatic rings. The number of rotatable bonds is 3. The van der Waals surface area contributed by atoms with Gasteiger partial charge in [-0.2, -0.15) is 5.10 Å². The van der Waals surface area contributed by atoms with E-state index in [-0.39, 0.29) is 6.79 Å². The molecule has 2 N–H and O–H groups in total. The second-order valence-corrected chi connectivity index (χ2v) is 5.69. The minimum absolute atomic E-state index is 0.133. The Labute approximate surface area is 146 Å². The van der Waals surface area contributed by atoms with Crippen molar-refractivity contribution in [1.82, 2.24) is 10.2 Å². The number of nitrogens with zero attached hydrogens (tertiary/aromatic N) is 1. The average Bonchev–Trinajstić information content (AvgIpc) is 3.21. The zero-order valence-corrected chi connectivity index (χ0v) is 13.6. The van der Waals surface area contributed by atoms with Gasteiger partial charge in [0.15, 0.2) is 11.5 Å². The van der Waals surface area contributed by atoms with E-state index in [0.717, 1.165) is 12.1 Å². The molecule has 0 spiro atoms. The van der Waals surface area contributed by atoms with Gasteiger partial charge in [0.05, 0.1) is 11.4 Å². The largest absolute Gasteiger partial charge is 0.454 e. The summed E-state index contributed by atoms with van der Waals surface area (Å²) in [6.45, 7) is 1.82. The Bertz CT molecular complexity index is 997. The van der Waals surface area contributed by atoms with Crippen molar-refractivity contribution >= 4 is 11.6 Å². The first-order valence-electron chi connectivity index (χ1n) is 7.75. The Balaban J connectivity index is 1.70. The number of hydrogen-bond acceptors (Lipinski definition) is 4. The summed E-state index contributed by atoms with van der Waals surface area (Å²) in [6.07, 6.45) is 0. The molecule has 0 fully saturated rings. The predicted octanol–water partition coefficient (Wildman–Crippen LogP) is 3.64. The summed E-state index contributed by atoms with van der Waals surface area (Å²) < 4.78 is 38.3. The van der Waals surface area contributed by atoms with Gasteiger partial charge in [0.1, 0.15) is 22.9 Å². The maximum absolute atomic E-state index is 13.8. The number of fused-ring (bicyclic) bond motifs is 1. The fourth-order valence-corrected chi connectivity index (χ4v) is 2.73. The van der Waals surface area contributed by atoms with Crippen LogP contribution in [0.5, 0.6) is 11.5 Å². The minimum atomic E-state index is -0.937. The van der Waals surface area contributed by atoms with Crippen LogP contribution in [0.15, 0.2) is 36.4 Å². The van der Waals surface area contributed by atoms with Crippen molar-refractivity contribution < 1.29 is 23.0 Å². The molecule has 0 saturated heterocycles. The van der Waals surface area contributed by atoms with Crippen molar-refractivity contribution in [3.05, 3.63) is 59.3 Å². The molecule has 132 valence electrons. The van der Waals surface area contributed by atoms with E-state index in [2.05, 4.69) is 15.5 Å². The number of nitrogens with one attached hydrogen (secondary N) is 2. The number of aromatic nitrogens is 2. The third-order valence-corrected chi connectivity index (χ3v) is 4.02. The van der Waals surface area contributed by atoms with E-state index < -0.39 is 23.1 Å². The lowest BCUT2D eigenvalue weighted by Gasteiger charge is -2.09. The molecule has 1 amide bonds. The molecule has 0 aliphatic carbocycles. The van der Waals surface area contributed by atoms with E-state index in [1.807, 2.05) is 0 Å². The van der Waals surface area contributed by atoms with Crippen LogP contribution in [0.4, 0.5) is 14.5 Å². The number of aryl methyl sites for hydroxylation is 1. The predicted molar refractivity (Wildman–Crippen MR) is 89.2 cm³/mol. The van der Waals surface area contributed by atoms with Crippen molar-refractivity contribution in [3.8, 4) is 22.8 Å². The van der Waals surface area contributed by atoms with Crippen molar-refractivity contribution in [1.29, 1.82) is 0 Å². The number of halogens is 2. The Morgan fingerprint density at radius 3 is 2.65 bits per heavy atom. The SMILES string of the molecule is Cc1[nH]nc(-c2ccc3c(c2)OCO3)c1NC(=O)c1c(F)cccc1F. The average molecular weight is 357 g/mol. The summed E-state index contributed by atoms with van der Waals surface area (Å²) in [5, 5.41) is 9.48. The van der Waals surface area contributed by atoms with Crippen molar-refractivity contribution in [2.75, 3.05) is 12.1 Å². The number of aromatic amines is 1. The number of amides is 1. The highest BCUT2D eigenvalue weighted by atomic mass is 19.1. The third kappa shape index (κ3) is 2.65. The van der Waals surface area contributed by atoms with Gasteiger partial charge in [-0.15, -0.1) is 0 Å². The van der Waals surface area contributed by atoms with Crippen LogP contribution in [0.3, 0.4) is 0 Å². The van der Waals surface area contributed by atoms with Crippen molar-refractivity contribution in [2.24, 2.45) is 0 Å². The van der Waals surface area contributed by atoms with E-state index in [1.54, 1.807) is 25.1 Å². The van der Waals surface area contributed by atoms with Gasteiger partial charge in [0.2, 0.25) is 6.79 Å². The number of anilines is 1. The molecule has 8 heteroatoms. The Morgan fingerprint density at radius 2 is 1.88 bits per heavy atom. The summed E-state index contributed by atoms with van der Waals surface area (Å²) in [5.41, 5.74) is 1.30. The zero-order chi connectivity index (χ0) is 18.3. The van der Waals surface area contributed by atoms with Crippen LogP contribution in [0, 0.1) is 18.6 Å². The normalized spacial score (nSPS) is 12.3. The topological polar surface area (TPSA) is 76.2 Å². The molecule has 0 bridgehead atoms. The lowest BCUT2D eigenvalue weighted by Crippen LogP contribution is -2.16. The van der Waals surface area contributed by atoms with Crippen LogP contribution in [0.25, 0.3) is 11.3 Å². The maximum Gasteiger partial charge on any atom is 0.261 e. The van der Waals surface area contributed by atoms with Crippen LogP contribution >= 0.6 is 0 Å². The first-order chi connectivity index (χ1) is 12.5. The molecule has 0 saturated carbocycles. The van der Waals surface area contributed by atoms with Gasteiger partial charge in [-0.3, -0.25) is 9.89 Å². The first-order valence-corrected chi connectivity index (χ1v) is 7.75. The number of carbonyl (C=O) groups is 1. The van der Waals surface area contributed by atoms with E-state index >= 15 is 0 Å². The summed E-state index contributed by atoms with van der Waals surface area (Å²) >= 11 is 0. The third-order valence-electron chi connectivity index (χ3n) is 4.02. The quantitative estimate of drug-likeness (QED) is 0.750. The number of hydrogen-bond donors (Lipinski definition) is 2. The Hall–Kier alpha value is -3.42. The van der Waals surface area contributed by atoms with Crippen LogP contribution in [-0.4, -0.2) is 22.9 Å². The maximum atomic E-state index is 13.8. The first kappa shape index (κ1) is 16.1. The highest BCUT2D eigenvalue weighted by Gasteiger charge is 2.22. The molecular formula is C18H13F2N3O3. The minimum Gasteiger partial charge on any atom is -0.454 e. The standard InChI is InChI=1S/C18H13F2N3O3/c1-9-16(21-18(24)15-11(19)3-2-4-12(15)20)17(23-22-9)10-5-6-13-14(7-10)26-8-25-13/h2-7H,8H2,1H3,(H,21,24)(H,22,23). The van der Waals surface area contributed by atoms with Gasteiger partial charge >= 0.3 is 0 Å². The fourth-order valence-electron chi connectivity index (χ4n) is 2.73. The van der Waals surface area contributed by atoms with Crippen LogP contribution in [-0.2, 0) is 0 Å². The van der Waals surface area contributed by atoms with Crippen molar-refractivity contribution in [3.63, 3.8) is 0 Å². The summed E-state index contributed by atoms with van der Waals surface area (Å²) in [6, 6.07) is 8.45. The molecule has 1 aromatic heterocycles. The Morgan fingerprint density at radius 1 is 1.15 bits per heavy atom. The van der Waals surface area contributed by atoms with Crippen LogP contribution < -0.4 is 14.8 Å². The molecule has 6 nitrogen and oxygen atoms in total. The molecule has 0 unspecified atom stereocenters. The van der Waals surface area contributed by atoms with Crippen LogP contribution in [0.2, 0.25) is 0 Å². The van der Waals surface area contributed by atoms with E-state index in [9.17, 15) is 13.6 Å². The molecule has 2 aromatic carbocycles. The van der Waals surface area contributed by atoms with Gasteiger partial charge < -0.3 is 14.8 Å². The number of benzene rings is 2. The molecular weight excluding hydrogens is 344 g/mol. The van der Waals surface area contributed by atoms with Crippen LogP contribution in [0.1, 0.15) is 16.1 Å². The molecule has 2 heterocycles. The summed E-state index contributed by atoms with van der Waals surface area (Å²) in [7, 11) is 0. The molecule has 3 aromatic rings. The molecule has 0 atom stereocenters. The molecule has 0 radical (unpaired) electrons. The number of carbonyl (C=O) groups excluding carboxylic acids is 1. The van der Waals surface area contributed by atoms with E-state index in [4.69, 9.17) is 9.47 Å². The Kier molecular flexibility index (Phi) is 3.80. The lowest BCUT2D eigenvalue weighted by atomic mass is 10.1. The second kappa shape index (κ2) is 6.14. The molecule has 4 rings (SSSR count). The summed E-state index contributed by atoms with van der Waals surface area (Å²) in [4.78, 5) is 12.4. The lowest BCUT2D eigenvalue weighted by molar-refractivity contribution is 0.101. The second-order valence-electron chi connectivity index (χ2n) is 5.69. The smallest absolute Gasteiger partial charge is 0.261 e. The zero-order valence-electron chi connectivity index (χ0n) is 13.6. The van der Waals surface area contributed by atoms with Gasteiger partial charge in [0, 0.05) is 5.56 Å². The fraction of sp³-hybridized carbons (Fsp3) is 0.111. The van der Waals surface area contributed by atoms with E-state index in [1.165, 1.54) is 6.07 Å². The van der Waals surface area contributed by atoms with Gasteiger partial charge in [-0.1, -0.05) is 6.07 Å². The van der Waals surface area contributed by atoms with Gasteiger partial charge in [0.25, 0.3) is 5.91 Å². The monoisotopic (exact) mass is 357 g/mol. The van der Waals surface area contributed by atoms with Gasteiger partial charge in [-0.25, -0.2) is 8.78 Å². The summed E-state index contributed by atoms with van der Waals surface area (Å²) in [5.74, 6) is -1.60. The van der Waals surface area contributed by atoms with E-state index in [0.29, 0.717) is 34.1 Å². The number of H-pyrrole nitrogens is 1.